The fourth-order valence-corrected chi connectivity index (χ4v) is 3.95. The molecule has 116 valence electrons. The van der Waals surface area contributed by atoms with E-state index in [1.54, 1.807) is 12.1 Å². The average Bonchev–Trinajstić information content (AvgIpc) is 2.37. The van der Waals surface area contributed by atoms with E-state index in [1.165, 1.54) is 18.4 Å². The third-order valence-corrected chi connectivity index (χ3v) is 5.49. The van der Waals surface area contributed by atoms with Gasteiger partial charge in [-0.2, -0.15) is 0 Å². The van der Waals surface area contributed by atoms with Crippen LogP contribution in [0.1, 0.15) is 31.2 Å². The number of hydrogen-bond acceptors (Lipinski definition) is 3. The highest BCUT2D eigenvalue weighted by Crippen LogP contribution is 2.23. The first-order valence-electron chi connectivity index (χ1n) is 7.07. The molecular weight excluding hydrogens is 293 g/mol. The minimum Gasteiger partial charge on any atom is -0.353 e. The lowest BCUT2D eigenvalue weighted by atomic mass is 9.94. The Labute approximate surface area is 124 Å². The molecule has 0 aromatic heterocycles. The highest BCUT2D eigenvalue weighted by molar-refractivity contribution is 7.91. The molecule has 0 bridgehead atoms. The summed E-state index contributed by atoms with van der Waals surface area (Å²) < 4.78 is 36.2. The van der Waals surface area contributed by atoms with Gasteiger partial charge >= 0.3 is 0 Å². The number of sulfone groups is 1. The molecule has 6 heteroatoms. The zero-order valence-electron chi connectivity index (χ0n) is 12.0. The van der Waals surface area contributed by atoms with Crippen molar-refractivity contribution < 1.29 is 17.6 Å². The topological polar surface area (TPSA) is 63.2 Å². The number of carbonyl (C=O) groups is 1. The first-order valence-corrected chi connectivity index (χ1v) is 9.03. The molecule has 0 unspecified atom stereocenters. The fourth-order valence-electron chi connectivity index (χ4n) is 2.78. The molecule has 1 aliphatic carbocycles. The van der Waals surface area contributed by atoms with Crippen LogP contribution in [0.3, 0.4) is 0 Å². The summed E-state index contributed by atoms with van der Waals surface area (Å²) in [5.74, 6) is -0.560. The van der Waals surface area contributed by atoms with Crippen molar-refractivity contribution in [3.63, 3.8) is 0 Å². The van der Waals surface area contributed by atoms with Crippen molar-refractivity contribution >= 4 is 15.7 Å². The monoisotopic (exact) mass is 313 g/mol. The minimum atomic E-state index is -3.06. The van der Waals surface area contributed by atoms with Gasteiger partial charge in [-0.05, 0) is 37.0 Å². The number of carbonyl (C=O) groups excluding carboxylic acids is 1. The zero-order valence-corrected chi connectivity index (χ0v) is 12.8. The summed E-state index contributed by atoms with van der Waals surface area (Å²) in [5, 5.41) is 2.49. The van der Waals surface area contributed by atoms with E-state index < -0.39 is 9.84 Å². The summed E-state index contributed by atoms with van der Waals surface area (Å²) in [6.07, 6.45) is 4.07. The molecule has 0 aliphatic heterocycles. The lowest BCUT2D eigenvalue weighted by Crippen LogP contribution is -2.42. The Kier molecular flexibility index (Phi) is 4.98. The minimum absolute atomic E-state index is 0.109. The third-order valence-electron chi connectivity index (χ3n) is 3.85. The highest BCUT2D eigenvalue weighted by atomic mass is 32.2. The van der Waals surface area contributed by atoms with E-state index >= 15 is 0 Å². The SMILES string of the molecule is CS(=O)(=O)[C@H]1CCC[C@@H](NC(=O)Cc2cccc(F)c2)C1. The normalized spacial score (nSPS) is 22.8. The van der Waals surface area contributed by atoms with E-state index in [1.807, 2.05) is 0 Å². The van der Waals surface area contributed by atoms with Crippen LogP contribution in [0.25, 0.3) is 0 Å². The largest absolute Gasteiger partial charge is 0.353 e. The van der Waals surface area contributed by atoms with Crippen molar-refractivity contribution in [1.29, 1.82) is 0 Å². The van der Waals surface area contributed by atoms with Crippen molar-refractivity contribution in [1.82, 2.24) is 5.32 Å². The van der Waals surface area contributed by atoms with Gasteiger partial charge in [0.25, 0.3) is 0 Å². The molecule has 1 N–H and O–H groups in total. The molecule has 1 amide bonds. The van der Waals surface area contributed by atoms with Crippen LogP contribution >= 0.6 is 0 Å². The van der Waals surface area contributed by atoms with Gasteiger partial charge < -0.3 is 5.32 Å². The maximum atomic E-state index is 13.1. The van der Waals surface area contributed by atoms with E-state index in [-0.39, 0.29) is 29.4 Å². The van der Waals surface area contributed by atoms with Crippen molar-refractivity contribution in [2.75, 3.05) is 6.26 Å². The van der Waals surface area contributed by atoms with Gasteiger partial charge in [-0.3, -0.25) is 4.79 Å². The molecule has 1 aromatic rings. The van der Waals surface area contributed by atoms with Crippen molar-refractivity contribution in [3.05, 3.63) is 35.6 Å². The Morgan fingerprint density at radius 1 is 1.38 bits per heavy atom. The standard InChI is InChI=1S/C15H20FNO3S/c1-21(19,20)14-7-3-6-13(10-14)17-15(18)9-11-4-2-5-12(16)8-11/h2,4-5,8,13-14H,3,6-7,9-10H2,1H3,(H,17,18)/t13-,14+/m1/s1. The maximum absolute atomic E-state index is 13.1. The van der Waals surface area contributed by atoms with Gasteiger partial charge in [-0.15, -0.1) is 0 Å². The first kappa shape index (κ1) is 15.9. The Morgan fingerprint density at radius 2 is 2.14 bits per heavy atom. The maximum Gasteiger partial charge on any atom is 0.224 e. The number of rotatable bonds is 4. The number of amides is 1. The van der Waals surface area contributed by atoms with Crippen LogP contribution < -0.4 is 5.32 Å². The second kappa shape index (κ2) is 6.56. The Hall–Kier alpha value is -1.43. The van der Waals surface area contributed by atoms with Crippen LogP contribution in [0.4, 0.5) is 4.39 Å². The van der Waals surface area contributed by atoms with Crippen LogP contribution in [-0.4, -0.2) is 31.9 Å². The lowest BCUT2D eigenvalue weighted by molar-refractivity contribution is -0.121. The number of halogens is 1. The fraction of sp³-hybridized carbons (Fsp3) is 0.533. The second-order valence-corrected chi connectivity index (χ2v) is 8.01. The van der Waals surface area contributed by atoms with E-state index in [0.717, 1.165) is 12.8 Å². The van der Waals surface area contributed by atoms with Crippen molar-refractivity contribution in [2.24, 2.45) is 0 Å². The lowest BCUT2D eigenvalue weighted by Gasteiger charge is -2.28. The smallest absolute Gasteiger partial charge is 0.224 e. The summed E-state index contributed by atoms with van der Waals surface area (Å²) in [4.78, 5) is 12.0. The van der Waals surface area contributed by atoms with Crippen LogP contribution in [0, 0.1) is 5.82 Å². The molecule has 21 heavy (non-hydrogen) atoms. The predicted octanol–water partition coefficient (Wildman–Crippen LogP) is 1.84. The molecule has 4 nitrogen and oxygen atoms in total. The summed E-state index contributed by atoms with van der Waals surface area (Å²) in [6.45, 7) is 0. The van der Waals surface area contributed by atoms with Gasteiger partial charge in [-0.25, -0.2) is 12.8 Å². The van der Waals surface area contributed by atoms with Crippen molar-refractivity contribution in [2.45, 2.75) is 43.4 Å². The summed E-state index contributed by atoms with van der Waals surface area (Å²) in [5.41, 5.74) is 0.614. The number of benzene rings is 1. The van der Waals surface area contributed by atoms with Gasteiger partial charge in [0, 0.05) is 12.3 Å². The third kappa shape index (κ3) is 4.81. The molecule has 1 aromatic carbocycles. The Bertz CT molecular complexity index is 615. The number of nitrogens with one attached hydrogen (secondary N) is 1. The second-order valence-electron chi connectivity index (χ2n) is 5.69. The van der Waals surface area contributed by atoms with Gasteiger partial charge in [0.05, 0.1) is 11.7 Å². The van der Waals surface area contributed by atoms with Crippen LogP contribution in [0.2, 0.25) is 0 Å². The molecule has 1 fully saturated rings. The van der Waals surface area contributed by atoms with Crippen molar-refractivity contribution in [3.8, 4) is 0 Å². The first-order chi connectivity index (χ1) is 9.84. The Balaban J connectivity index is 1.90. The van der Waals surface area contributed by atoms with Gasteiger partial charge in [0.1, 0.15) is 15.7 Å². The van der Waals surface area contributed by atoms with Crippen LogP contribution in [0.5, 0.6) is 0 Å². The molecular formula is C15H20FNO3S. The van der Waals surface area contributed by atoms with E-state index in [9.17, 15) is 17.6 Å². The molecule has 0 heterocycles. The molecule has 2 atom stereocenters. The molecule has 0 radical (unpaired) electrons. The van der Waals surface area contributed by atoms with Gasteiger partial charge in [-0.1, -0.05) is 18.6 Å². The molecule has 1 saturated carbocycles. The van der Waals surface area contributed by atoms with Crippen LogP contribution in [-0.2, 0) is 21.1 Å². The quantitative estimate of drug-likeness (QED) is 0.922. The van der Waals surface area contributed by atoms with E-state index in [2.05, 4.69) is 5.32 Å². The van der Waals surface area contributed by atoms with E-state index in [0.29, 0.717) is 18.4 Å². The number of hydrogen-bond donors (Lipinski definition) is 1. The molecule has 1 aliphatic rings. The van der Waals surface area contributed by atoms with E-state index in [4.69, 9.17) is 0 Å². The Morgan fingerprint density at radius 3 is 2.81 bits per heavy atom. The highest BCUT2D eigenvalue weighted by Gasteiger charge is 2.29. The van der Waals surface area contributed by atoms with Crippen LogP contribution in [0.15, 0.2) is 24.3 Å². The summed E-state index contributed by atoms with van der Waals surface area (Å²) in [7, 11) is -3.06. The molecule has 0 spiro atoms. The summed E-state index contributed by atoms with van der Waals surface area (Å²) >= 11 is 0. The zero-order chi connectivity index (χ0) is 15.5. The van der Waals surface area contributed by atoms with Gasteiger partial charge in [0.2, 0.25) is 5.91 Å². The molecule has 2 rings (SSSR count). The predicted molar refractivity (Wildman–Crippen MR) is 79.1 cm³/mol. The molecule has 0 saturated heterocycles. The summed E-state index contributed by atoms with van der Waals surface area (Å²) in [6, 6.07) is 5.82. The average molecular weight is 313 g/mol. The van der Waals surface area contributed by atoms with Gasteiger partial charge in [0.15, 0.2) is 0 Å².